The van der Waals surface area contributed by atoms with Crippen LogP contribution in [-0.2, 0) is 0 Å². The average molecular weight is 384 g/mol. The normalized spacial score (nSPS) is 16.7. The second-order valence-corrected chi connectivity index (χ2v) is 6.67. The van der Waals surface area contributed by atoms with Gasteiger partial charge in [-0.2, -0.15) is 0 Å². The molecule has 6 nitrogen and oxygen atoms in total. The van der Waals surface area contributed by atoms with Gasteiger partial charge in [0.1, 0.15) is 5.82 Å². The first-order chi connectivity index (χ1) is 10.2. The molecule has 1 saturated heterocycles. The number of aromatic hydroxyl groups is 1. The van der Waals surface area contributed by atoms with E-state index in [9.17, 15) is 19.6 Å². The molecule has 0 spiro atoms. The van der Waals surface area contributed by atoms with Crippen LogP contribution in [0.2, 0.25) is 0 Å². The number of hydrogen-bond donors (Lipinski definition) is 2. The number of rotatable bonds is 3. The summed E-state index contributed by atoms with van der Waals surface area (Å²) >= 11 is 0. The summed E-state index contributed by atoms with van der Waals surface area (Å²) in [6, 6.07) is 1.67. The number of piperazine rings is 1. The van der Waals surface area contributed by atoms with Crippen molar-refractivity contribution in [2.75, 3.05) is 26.2 Å². The van der Waals surface area contributed by atoms with Gasteiger partial charge in [0.15, 0.2) is 5.75 Å². The molecule has 2 rings (SSSR count). The van der Waals surface area contributed by atoms with Gasteiger partial charge >= 0.3 is 5.69 Å². The lowest BCUT2D eigenvalue weighted by Crippen LogP contribution is -2.48. The van der Waals surface area contributed by atoms with Crippen LogP contribution in [0.5, 0.6) is 5.75 Å². The fraction of sp³-hybridized carbons (Fsp3) is 0.600. The van der Waals surface area contributed by atoms with Crippen molar-refractivity contribution in [2.24, 2.45) is 5.41 Å². The lowest BCUT2D eigenvalue weighted by Gasteiger charge is -2.42. The van der Waals surface area contributed by atoms with Crippen molar-refractivity contribution in [3.63, 3.8) is 0 Å². The standard InChI is InChI=1S/C15H22FN3O3.2ClH/c1-15(2,3)14(18-6-4-17-5-7-18)11-8-10(16)9-12(13(11)20)19(21)22;;/h8-9,14,17,20H,4-7H2,1-3H3;2*1H/t14-;;/m0../s1. The monoisotopic (exact) mass is 383 g/mol. The molecule has 1 aliphatic rings. The molecule has 0 amide bonds. The predicted molar refractivity (Wildman–Crippen MR) is 95.9 cm³/mol. The third-order valence-electron chi connectivity index (χ3n) is 3.91. The number of phenols is 1. The highest BCUT2D eigenvalue weighted by molar-refractivity contribution is 5.85. The Labute approximate surface area is 153 Å². The minimum atomic E-state index is -0.751. The van der Waals surface area contributed by atoms with Crippen LogP contribution >= 0.6 is 24.8 Å². The molecule has 1 aromatic rings. The quantitative estimate of drug-likeness (QED) is 0.618. The van der Waals surface area contributed by atoms with Gasteiger partial charge in [-0.15, -0.1) is 24.8 Å². The lowest BCUT2D eigenvalue weighted by atomic mass is 9.80. The zero-order chi connectivity index (χ0) is 16.5. The van der Waals surface area contributed by atoms with Crippen molar-refractivity contribution >= 4 is 30.5 Å². The maximum Gasteiger partial charge on any atom is 0.313 e. The first kappa shape index (κ1) is 22.9. The van der Waals surface area contributed by atoms with E-state index >= 15 is 0 Å². The zero-order valence-corrected chi connectivity index (χ0v) is 15.5. The molecule has 1 aliphatic heterocycles. The molecule has 9 heteroatoms. The molecule has 1 fully saturated rings. The Morgan fingerprint density at radius 2 is 1.83 bits per heavy atom. The molecule has 138 valence electrons. The fourth-order valence-electron chi connectivity index (χ4n) is 3.10. The number of nitro benzene ring substituents is 1. The van der Waals surface area contributed by atoms with Crippen LogP contribution in [-0.4, -0.2) is 41.1 Å². The summed E-state index contributed by atoms with van der Waals surface area (Å²) < 4.78 is 13.8. The van der Waals surface area contributed by atoms with Crippen LogP contribution in [0.25, 0.3) is 0 Å². The van der Waals surface area contributed by atoms with Crippen LogP contribution < -0.4 is 5.32 Å². The van der Waals surface area contributed by atoms with Crippen molar-refractivity contribution in [3.05, 3.63) is 33.6 Å². The molecule has 0 aromatic heterocycles. The first-order valence-corrected chi connectivity index (χ1v) is 7.33. The summed E-state index contributed by atoms with van der Waals surface area (Å²) in [5.74, 6) is -1.14. The van der Waals surface area contributed by atoms with Crippen LogP contribution in [0.4, 0.5) is 10.1 Å². The molecule has 24 heavy (non-hydrogen) atoms. The summed E-state index contributed by atoms with van der Waals surface area (Å²) in [6.45, 7) is 9.02. The zero-order valence-electron chi connectivity index (χ0n) is 13.9. The summed E-state index contributed by atoms with van der Waals surface area (Å²) in [5, 5.41) is 24.6. The number of nitrogens with one attached hydrogen (secondary N) is 1. The van der Waals surface area contributed by atoms with Gasteiger partial charge in [-0.25, -0.2) is 4.39 Å². The second kappa shape index (κ2) is 8.80. The van der Waals surface area contributed by atoms with E-state index in [2.05, 4.69) is 10.2 Å². The van der Waals surface area contributed by atoms with Gasteiger partial charge in [-0.3, -0.25) is 15.0 Å². The Hall–Kier alpha value is -1.15. The highest BCUT2D eigenvalue weighted by atomic mass is 35.5. The van der Waals surface area contributed by atoms with Crippen LogP contribution in [0.15, 0.2) is 12.1 Å². The maximum absolute atomic E-state index is 13.8. The van der Waals surface area contributed by atoms with Crippen LogP contribution in [0, 0.1) is 21.3 Å². The van der Waals surface area contributed by atoms with E-state index in [1.807, 2.05) is 20.8 Å². The second-order valence-electron chi connectivity index (χ2n) is 6.67. The third kappa shape index (κ3) is 4.92. The van der Waals surface area contributed by atoms with E-state index in [1.165, 1.54) is 6.07 Å². The van der Waals surface area contributed by atoms with Gasteiger partial charge in [-0.05, 0) is 11.5 Å². The van der Waals surface area contributed by atoms with Gasteiger partial charge in [-0.1, -0.05) is 20.8 Å². The molecule has 0 saturated carbocycles. The van der Waals surface area contributed by atoms with Crippen LogP contribution in [0.3, 0.4) is 0 Å². The van der Waals surface area contributed by atoms with E-state index < -0.39 is 22.2 Å². The summed E-state index contributed by atoms with van der Waals surface area (Å²) in [6.07, 6.45) is 0. The molecular formula is C15H24Cl2FN3O3. The number of hydrogen-bond acceptors (Lipinski definition) is 5. The largest absolute Gasteiger partial charge is 0.502 e. The van der Waals surface area contributed by atoms with E-state index in [0.29, 0.717) is 0 Å². The van der Waals surface area contributed by atoms with E-state index in [-0.39, 0.29) is 41.8 Å². The predicted octanol–water partition coefficient (Wildman–Crippen LogP) is 3.28. The number of phenolic OH excluding ortho intramolecular Hbond substituents is 1. The first-order valence-electron chi connectivity index (χ1n) is 7.33. The molecular weight excluding hydrogens is 360 g/mol. The molecule has 0 unspecified atom stereocenters. The van der Waals surface area contributed by atoms with Crippen molar-refractivity contribution in [3.8, 4) is 5.75 Å². The van der Waals surface area contributed by atoms with E-state index in [0.717, 1.165) is 32.2 Å². The molecule has 0 bridgehead atoms. The Morgan fingerprint density at radius 3 is 2.29 bits per heavy atom. The molecule has 2 N–H and O–H groups in total. The Kier molecular flexibility index (Phi) is 8.38. The highest BCUT2D eigenvalue weighted by Crippen LogP contribution is 2.44. The van der Waals surface area contributed by atoms with Gasteiger partial charge in [0, 0.05) is 37.8 Å². The van der Waals surface area contributed by atoms with Gasteiger partial charge in [0.05, 0.1) is 11.0 Å². The van der Waals surface area contributed by atoms with Gasteiger partial charge in [0.25, 0.3) is 0 Å². The third-order valence-corrected chi connectivity index (χ3v) is 3.91. The summed E-state index contributed by atoms with van der Waals surface area (Å²) in [5.41, 5.74) is -0.614. The molecule has 0 radical (unpaired) electrons. The van der Waals surface area contributed by atoms with E-state index in [1.54, 1.807) is 0 Å². The fourth-order valence-corrected chi connectivity index (χ4v) is 3.10. The number of benzene rings is 1. The number of halogens is 3. The SMILES string of the molecule is CC(C)(C)[C@H](c1cc(F)cc([N+](=O)[O-])c1O)N1CCNCC1.Cl.Cl. The smallest absolute Gasteiger partial charge is 0.313 e. The highest BCUT2D eigenvalue weighted by Gasteiger charge is 2.36. The van der Waals surface area contributed by atoms with Crippen LogP contribution in [0.1, 0.15) is 32.4 Å². The average Bonchev–Trinajstić information content (AvgIpc) is 2.42. The number of nitro groups is 1. The summed E-state index contributed by atoms with van der Waals surface area (Å²) in [4.78, 5) is 12.4. The number of nitrogens with zero attached hydrogens (tertiary/aromatic N) is 2. The van der Waals surface area contributed by atoms with Gasteiger partial charge < -0.3 is 10.4 Å². The maximum atomic E-state index is 13.8. The van der Waals surface area contributed by atoms with Crippen molar-refractivity contribution < 1.29 is 14.4 Å². The molecule has 1 atom stereocenters. The van der Waals surface area contributed by atoms with Crippen molar-refractivity contribution in [1.82, 2.24) is 10.2 Å². The summed E-state index contributed by atoms with van der Waals surface area (Å²) in [7, 11) is 0. The minimum absolute atomic E-state index is 0. The molecule has 1 heterocycles. The van der Waals surface area contributed by atoms with Gasteiger partial charge in [0.2, 0.25) is 0 Å². The minimum Gasteiger partial charge on any atom is -0.502 e. The Morgan fingerprint density at radius 1 is 1.29 bits per heavy atom. The van der Waals surface area contributed by atoms with E-state index in [4.69, 9.17) is 0 Å². The topological polar surface area (TPSA) is 78.6 Å². The Balaban J connectivity index is 0.00000264. The Bertz CT molecular complexity index is 576. The van der Waals surface area contributed by atoms with Crippen molar-refractivity contribution in [2.45, 2.75) is 26.8 Å². The molecule has 1 aromatic carbocycles. The molecule has 0 aliphatic carbocycles. The van der Waals surface area contributed by atoms with Crippen molar-refractivity contribution in [1.29, 1.82) is 0 Å². The lowest BCUT2D eigenvalue weighted by molar-refractivity contribution is -0.386.